The molecule has 0 radical (unpaired) electrons. The predicted octanol–water partition coefficient (Wildman–Crippen LogP) is 3.40. The first kappa shape index (κ1) is 18.6. The minimum atomic E-state index is -0.0936. The van der Waals surface area contributed by atoms with E-state index in [9.17, 15) is 4.79 Å². The average Bonchev–Trinajstić information content (AvgIpc) is 2.66. The van der Waals surface area contributed by atoms with E-state index in [0.29, 0.717) is 47.3 Å². The van der Waals surface area contributed by atoms with E-state index in [2.05, 4.69) is 0 Å². The van der Waals surface area contributed by atoms with Crippen molar-refractivity contribution in [3.05, 3.63) is 47.0 Å². The van der Waals surface area contributed by atoms with Crippen molar-refractivity contribution in [2.45, 2.75) is 6.92 Å². The van der Waals surface area contributed by atoms with Gasteiger partial charge in [-0.25, -0.2) is 0 Å². The molecule has 1 heterocycles. The summed E-state index contributed by atoms with van der Waals surface area (Å²) in [5.41, 5.74) is 9.38. The number of carbonyl (C=O) groups excluding carboxylic acids is 1. The Hall–Kier alpha value is -3.15. The highest BCUT2D eigenvalue weighted by molar-refractivity contribution is 6.11. The molecule has 2 N–H and O–H groups in total. The van der Waals surface area contributed by atoms with Crippen molar-refractivity contribution < 1.29 is 19.0 Å². The zero-order chi connectivity index (χ0) is 19.6. The van der Waals surface area contributed by atoms with Gasteiger partial charge < -0.3 is 24.8 Å². The van der Waals surface area contributed by atoms with Crippen LogP contribution in [0.2, 0.25) is 0 Å². The summed E-state index contributed by atoms with van der Waals surface area (Å²) in [6, 6.07) is 8.94. The molecule has 0 amide bonds. The van der Waals surface area contributed by atoms with Crippen LogP contribution < -0.4 is 24.8 Å². The highest BCUT2D eigenvalue weighted by atomic mass is 16.6. The van der Waals surface area contributed by atoms with Gasteiger partial charge >= 0.3 is 0 Å². The predicted molar refractivity (Wildman–Crippen MR) is 107 cm³/mol. The summed E-state index contributed by atoms with van der Waals surface area (Å²) in [5, 5.41) is 0. The van der Waals surface area contributed by atoms with Crippen molar-refractivity contribution in [2.24, 2.45) is 0 Å². The van der Waals surface area contributed by atoms with Gasteiger partial charge in [0.25, 0.3) is 0 Å². The quantitative estimate of drug-likeness (QED) is 0.495. The first-order valence-electron chi connectivity index (χ1n) is 8.68. The average molecular weight is 368 g/mol. The molecule has 0 saturated heterocycles. The number of methoxy groups -OCH3 is 1. The molecule has 0 fully saturated rings. The maximum Gasteiger partial charge on any atom is 0.188 e. The molecule has 0 aliphatic carbocycles. The fourth-order valence-corrected chi connectivity index (χ4v) is 3.00. The number of ketones is 1. The first-order chi connectivity index (χ1) is 12.9. The van der Waals surface area contributed by atoms with Gasteiger partial charge in [0.15, 0.2) is 17.3 Å². The van der Waals surface area contributed by atoms with Gasteiger partial charge in [-0.3, -0.25) is 4.79 Å². The third-order valence-corrected chi connectivity index (χ3v) is 4.40. The zero-order valence-electron chi connectivity index (χ0n) is 16.0. The smallest absolute Gasteiger partial charge is 0.188 e. The van der Waals surface area contributed by atoms with Crippen LogP contribution in [-0.2, 0) is 0 Å². The summed E-state index contributed by atoms with van der Waals surface area (Å²) in [4.78, 5) is 14.7. The zero-order valence-corrected chi connectivity index (χ0v) is 16.0. The van der Waals surface area contributed by atoms with E-state index >= 15 is 0 Å². The second-order valence-corrected chi connectivity index (χ2v) is 6.56. The van der Waals surface area contributed by atoms with Gasteiger partial charge in [0.1, 0.15) is 19.0 Å². The lowest BCUT2D eigenvalue weighted by Crippen LogP contribution is -2.15. The van der Waals surface area contributed by atoms with Crippen LogP contribution in [0, 0.1) is 0 Å². The molecule has 2 aromatic rings. The van der Waals surface area contributed by atoms with Gasteiger partial charge in [-0.15, -0.1) is 0 Å². The number of nitrogens with zero attached hydrogens (tertiary/aromatic N) is 1. The fraction of sp³-hybridized carbons (Fsp3) is 0.286. The Balaban J connectivity index is 1.93. The van der Waals surface area contributed by atoms with E-state index in [1.807, 2.05) is 31.1 Å². The monoisotopic (exact) mass is 368 g/mol. The topological polar surface area (TPSA) is 74.0 Å². The van der Waals surface area contributed by atoms with E-state index in [4.69, 9.17) is 19.9 Å². The van der Waals surface area contributed by atoms with Crippen molar-refractivity contribution in [1.29, 1.82) is 0 Å². The number of nitrogens with two attached hydrogens (primary N) is 1. The molecule has 0 spiro atoms. The molecule has 0 aromatic heterocycles. The van der Waals surface area contributed by atoms with E-state index in [1.165, 1.54) is 0 Å². The second kappa shape index (κ2) is 7.61. The highest BCUT2D eigenvalue weighted by Gasteiger charge is 2.17. The maximum absolute atomic E-state index is 12.8. The normalized spacial score (nSPS) is 13.3. The molecule has 6 nitrogen and oxygen atoms in total. The minimum Gasteiger partial charge on any atom is -0.496 e. The summed E-state index contributed by atoms with van der Waals surface area (Å²) in [7, 11) is 5.40. The van der Waals surface area contributed by atoms with E-state index in [1.54, 1.807) is 38.3 Å². The Morgan fingerprint density at radius 1 is 1.15 bits per heavy atom. The van der Waals surface area contributed by atoms with Gasteiger partial charge in [-0.1, -0.05) is 0 Å². The molecule has 142 valence electrons. The Kier molecular flexibility index (Phi) is 5.26. The summed E-state index contributed by atoms with van der Waals surface area (Å²) >= 11 is 0. The third kappa shape index (κ3) is 3.84. The van der Waals surface area contributed by atoms with Crippen LogP contribution in [0.4, 0.5) is 11.4 Å². The number of carbonyl (C=O) groups is 1. The van der Waals surface area contributed by atoms with Gasteiger partial charge in [0.05, 0.1) is 18.5 Å². The van der Waals surface area contributed by atoms with Crippen LogP contribution in [0.5, 0.6) is 17.2 Å². The van der Waals surface area contributed by atoms with E-state index in [0.717, 1.165) is 11.3 Å². The number of Topliss-reactive ketones (excluding diaryl/α,β-unsaturated/α-hetero) is 1. The molecular formula is C21H24N2O4. The van der Waals surface area contributed by atoms with Crippen molar-refractivity contribution in [3.63, 3.8) is 0 Å². The summed E-state index contributed by atoms with van der Waals surface area (Å²) < 4.78 is 16.6. The number of fused-ring (bicyclic) bond motifs is 1. The Morgan fingerprint density at radius 3 is 2.41 bits per heavy atom. The molecule has 1 aliphatic rings. The molecule has 1 aliphatic heterocycles. The van der Waals surface area contributed by atoms with Crippen molar-refractivity contribution in [3.8, 4) is 17.2 Å². The summed E-state index contributed by atoms with van der Waals surface area (Å²) in [6.07, 6.45) is 1.79. The van der Waals surface area contributed by atoms with Crippen molar-refractivity contribution in [2.75, 3.05) is 45.1 Å². The Labute approximate surface area is 159 Å². The number of hydrogen-bond acceptors (Lipinski definition) is 6. The standard InChI is InChI=1S/C21H24N2O4/c1-13(21(24)14-5-6-17(23(2)3)16(22)10-14)9-15-11-19-20(12-18(15)25-4)27-8-7-26-19/h5-6,9-12H,7-8,22H2,1-4H3. The molecule has 0 saturated carbocycles. The number of ether oxygens (including phenoxy) is 3. The highest BCUT2D eigenvalue weighted by Crippen LogP contribution is 2.37. The Morgan fingerprint density at radius 2 is 1.81 bits per heavy atom. The maximum atomic E-state index is 12.8. The van der Waals surface area contributed by atoms with Crippen LogP contribution in [0.1, 0.15) is 22.8 Å². The van der Waals surface area contributed by atoms with Gasteiger partial charge in [0.2, 0.25) is 0 Å². The van der Waals surface area contributed by atoms with E-state index in [-0.39, 0.29) is 5.78 Å². The summed E-state index contributed by atoms with van der Waals surface area (Å²) in [5.74, 6) is 1.82. The van der Waals surface area contributed by atoms with Crippen LogP contribution in [0.25, 0.3) is 6.08 Å². The van der Waals surface area contributed by atoms with Gasteiger partial charge in [-0.2, -0.15) is 0 Å². The lowest BCUT2D eigenvalue weighted by molar-refractivity contribution is 0.103. The number of allylic oxidation sites excluding steroid dienone is 1. The molecule has 0 unspecified atom stereocenters. The molecule has 3 rings (SSSR count). The summed E-state index contributed by atoms with van der Waals surface area (Å²) in [6.45, 7) is 2.78. The molecule has 0 atom stereocenters. The molecular weight excluding hydrogens is 344 g/mol. The molecule has 6 heteroatoms. The first-order valence-corrected chi connectivity index (χ1v) is 8.68. The largest absolute Gasteiger partial charge is 0.496 e. The second-order valence-electron chi connectivity index (χ2n) is 6.56. The van der Waals surface area contributed by atoms with Crippen LogP contribution >= 0.6 is 0 Å². The minimum absolute atomic E-state index is 0.0936. The lowest BCUT2D eigenvalue weighted by atomic mass is 10.0. The fourth-order valence-electron chi connectivity index (χ4n) is 3.00. The number of benzene rings is 2. The van der Waals surface area contributed by atoms with Gasteiger partial charge in [-0.05, 0) is 42.8 Å². The number of anilines is 2. The Bertz CT molecular complexity index is 903. The van der Waals surface area contributed by atoms with E-state index < -0.39 is 0 Å². The molecule has 0 bridgehead atoms. The molecule has 2 aromatic carbocycles. The molecule has 27 heavy (non-hydrogen) atoms. The van der Waals surface area contributed by atoms with Crippen molar-refractivity contribution >= 4 is 23.2 Å². The van der Waals surface area contributed by atoms with Crippen LogP contribution in [0.15, 0.2) is 35.9 Å². The van der Waals surface area contributed by atoms with Crippen molar-refractivity contribution in [1.82, 2.24) is 0 Å². The number of hydrogen-bond donors (Lipinski definition) is 1. The van der Waals surface area contributed by atoms with Crippen LogP contribution in [-0.4, -0.2) is 40.2 Å². The number of rotatable bonds is 5. The number of nitrogen functional groups attached to an aromatic ring is 1. The van der Waals surface area contributed by atoms with Crippen LogP contribution in [0.3, 0.4) is 0 Å². The third-order valence-electron chi connectivity index (χ3n) is 4.40. The SMILES string of the molecule is COc1cc2c(cc1C=C(C)C(=O)c1ccc(N(C)C)c(N)c1)OCCO2. The van der Waals surface area contributed by atoms with Gasteiger partial charge in [0, 0.05) is 31.3 Å². The lowest BCUT2D eigenvalue weighted by Gasteiger charge is -2.20.